The largest absolute Gasteiger partial charge is 0.463 e. The average molecular weight is 740 g/mol. The summed E-state index contributed by atoms with van der Waals surface area (Å²) in [4.78, 5) is 37.5. The molecule has 15 nitrogen and oxygen atoms in total. The molecule has 2 heterocycles. The van der Waals surface area contributed by atoms with Crippen molar-refractivity contribution >= 4 is 18.0 Å². The Morgan fingerprint density at radius 1 is 0.660 bits per heavy atom. The molecule has 0 saturated carbocycles. The number of ether oxygens (including phenoxy) is 8. The van der Waals surface area contributed by atoms with Crippen molar-refractivity contribution in [1.82, 2.24) is 5.32 Å². The first-order chi connectivity index (χ1) is 25.6. The number of alkyl carbamates (subject to hydrolysis) is 1. The molecule has 15 heteroatoms. The number of aliphatic hydroxyl groups excluding tert-OH is 3. The minimum atomic E-state index is -1.72. The monoisotopic (exact) mass is 739 g/mol. The molecule has 1 amide bonds. The van der Waals surface area contributed by atoms with Crippen molar-refractivity contribution in [3.05, 3.63) is 108 Å². The van der Waals surface area contributed by atoms with E-state index in [9.17, 15) is 29.7 Å². The van der Waals surface area contributed by atoms with Gasteiger partial charge in [-0.2, -0.15) is 0 Å². The molecule has 0 bridgehead atoms. The maximum atomic E-state index is 13.1. The molecule has 0 radical (unpaired) electrons. The summed E-state index contributed by atoms with van der Waals surface area (Å²) < 4.78 is 47.2. The molecule has 2 aliphatic rings. The van der Waals surface area contributed by atoms with Crippen molar-refractivity contribution in [2.24, 2.45) is 0 Å². The van der Waals surface area contributed by atoms with E-state index in [0.29, 0.717) is 0 Å². The van der Waals surface area contributed by atoms with Gasteiger partial charge in [-0.05, 0) is 16.7 Å². The molecule has 286 valence electrons. The normalized spacial score (nSPS) is 28.4. The van der Waals surface area contributed by atoms with Crippen molar-refractivity contribution < 1.29 is 67.6 Å². The van der Waals surface area contributed by atoms with Gasteiger partial charge in [-0.15, -0.1) is 0 Å². The van der Waals surface area contributed by atoms with Crippen LogP contribution in [0.15, 0.2) is 91.0 Å². The number of rotatable bonds is 15. The highest BCUT2D eigenvalue weighted by Crippen LogP contribution is 2.33. The van der Waals surface area contributed by atoms with Crippen molar-refractivity contribution in [3.8, 4) is 0 Å². The molecule has 0 spiro atoms. The Balaban J connectivity index is 1.46. The molecule has 0 unspecified atom stereocenters. The number of hydrogen-bond acceptors (Lipinski definition) is 14. The maximum Gasteiger partial charge on any atom is 0.407 e. The number of carbonyl (C=O) groups is 3. The van der Waals surface area contributed by atoms with E-state index in [0.717, 1.165) is 23.6 Å². The number of hydrogen-bond donors (Lipinski definition) is 4. The van der Waals surface area contributed by atoms with Crippen molar-refractivity contribution in [2.75, 3.05) is 13.2 Å². The molecule has 0 aromatic heterocycles. The Labute approximate surface area is 306 Å². The predicted molar refractivity (Wildman–Crippen MR) is 183 cm³/mol. The van der Waals surface area contributed by atoms with Crippen LogP contribution in [-0.2, 0) is 67.3 Å². The van der Waals surface area contributed by atoms with Gasteiger partial charge >= 0.3 is 18.0 Å². The van der Waals surface area contributed by atoms with Crippen LogP contribution in [0.5, 0.6) is 0 Å². The van der Waals surface area contributed by atoms with Gasteiger partial charge in [0.2, 0.25) is 0 Å². The van der Waals surface area contributed by atoms with E-state index in [4.69, 9.17) is 37.9 Å². The number of amides is 1. The lowest BCUT2D eigenvalue weighted by Crippen LogP contribution is -2.68. The van der Waals surface area contributed by atoms with E-state index in [1.54, 1.807) is 60.7 Å². The lowest BCUT2D eigenvalue weighted by atomic mass is 9.95. The molecule has 10 atom stereocenters. The van der Waals surface area contributed by atoms with E-state index in [1.807, 2.05) is 30.3 Å². The zero-order chi connectivity index (χ0) is 37.7. The van der Waals surface area contributed by atoms with Crippen LogP contribution in [0.3, 0.4) is 0 Å². The molecule has 0 aliphatic carbocycles. The lowest BCUT2D eigenvalue weighted by molar-refractivity contribution is -0.353. The van der Waals surface area contributed by atoms with Crippen LogP contribution >= 0.6 is 0 Å². The second-order valence-corrected chi connectivity index (χ2v) is 12.5. The summed E-state index contributed by atoms with van der Waals surface area (Å²) in [5.41, 5.74) is 2.21. The number of esters is 2. The highest BCUT2D eigenvalue weighted by Gasteiger charge is 2.54. The van der Waals surface area contributed by atoms with Crippen molar-refractivity contribution in [2.45, 2.75) is 95.0 Å². The topological polar surface area (TPSA) is 198 Å². The van der Waals surface area contributed by atoms with E-state index < -0.39 is 92.6 Å². The molecule has 2 aliphatic heterocycles. The third-order valence-corrected chi connectivity index (χ3v) is 8.58. The summed E-state index contributed by atoms with van der Waals surface area (Å²) in [6.07, 6.45) is -13.4. The van der Waals surface area contributed by atoms with Gasteiger partial charge in [0.05, 0.1) is 19.8 Å². The predicted octanol–water partition coefficient (Wildman–Crippen LogP) is 2.13. The first-order valence-electron chi connectivity index (χ1n) is 17.1. The van der Waals surface area contributed by atoms with Gasteiger partial charge in [0, 0.05) is 13.8 Å². The Bertz CT molecular complexity index is 1580. The third kappa shape index (κ3) is 11.3. The minimum Gasteiger partial charge on any atom is -0.463 e. The molecule has 4 N–H and O–H groups in total. The fourth-order valence-electron chi connectivity index (χ4n) is 6.02. The van der Waals surface area contributed by atoms with E-state index >= 15 is 0 Å². The maximum absolute atomic E-state index is 13.1. The smallest absolute Gasteiger partial charge is 0.407 e. The van der Waals surface area contributed by atoms with Crippen LogP contribution in [0.1, 0.15) is 30.5 Å². The Hall–Kier alpha value is -4.45. The zero-order valence-electron chi connectivity index (χ0n) is 29.3. The molecule has 3 aromatic carbocycles. The van der Waals surface area contributed by atoms with Gasteiger partial charge < -0.3 is 58.5 Å². The van der Waals surface area contributed by atoms with Crippen molar-refractivity contribution in [1.29, 1.82) is 0 Å². The lowest BCUT2D eigenvalue weighted by Gasteiger charge is -2.48. The van der Waals surface area contributed by atoms with Crippen LogP contribution < -0.4 is 5.32 Å². The second-order valence-electron chi connectivity index (χ2n) is 12.5. The van der Waals surface area contributed by atoms with Gasteiger partial charge in [0.1, 0.15) is 55.9 Å². The quantitative estimate of drug-likeness (QED) is 0.131. The molecule has 2 fully saturated rings. The van der Waals surface area contributed by atoms with Gasteiger partial charge in [0.25, 0.3) is 0 Å². The second kappa shape index (κ2) is 19.6. The summed E-state index contributed by atoms with van der Waals surface area (Å²) in [6, 6.07) is 25.7. The van der Waals surface area contributed by atoms with Crippen LogP contribution in [-0.4, -0.2) is 108 Å². The summed E-state index contributed by atoms with van der Waals surface area (Å²) in [6.45, 7) is 1.14. The first-order valence-corrected chi connectivity index (χ1v) is 17.1. The number of benzene rings is 3. The fraction of sp³-hybridized carbons (Fsp3) is 0.447. The Kier molecular flexibility index (Phi) is 14.7. The molecule has 5 rings (SSSR count). The first kappa shape index (κ1) is 39.8. The van der Waals surface area contributed by atoms with Gasteiger partial charge in [0.15, 0.2) is 18.7 Å². The van der Waals surface area contributed by atoms with Crippen molar-refractivity contribution in [3.63, 3.8) is 0 Å². The average Bonchev–Trinajstić information content (AvgIpc) is 3.16. The summed E-state index contributed by atoms with van der Waals surface area (Å²) in [5, 5.41) is 35.3. The van der Waals surface area contributed by atoms with Crippen LogP contribution in [0, 0.1) is 0 Å². The third-order valence-electron chi connectivity index (χ3n) is 8.58. The number of carbonyl (C=O) groups excluding carboxylic acids is 3. The van der Waals surface area contributed by atoms with Gasteiger partial charge in [-0.1, -0.05) is 91.0 Å². The number of aliphatic hydroxyl groups is 3. The summed E-state index contributed by atoms with van der Waals surface area (Å²) in [7, 11) is 0. The van der Waals surface area contributed by atoms with Crippen LogP contribution in [0.2, 0.25) is 0 Å². The molecule has 3 aromatic rings. The Morgan fingerprint density at radius 3 is 1.74 bits per heavy atom. The van der Waals surface area contributed by atoms with Crippen LogP contribution in [0.25, 0.3) is 0 Å². The molecule has 2 saturated heterocycles. The summed E-state index contributed by atoms with van der Waals surface area (Å²) in [5.74, 6) is -1.41. The number of nitrogens with one attached hydrogen (secondary N) is 1. The standard InChI is InChI=1S/C38H45NO14/c1-23(41)46-22-29-32(53-37-35(50-24(2)42)34(31(43)28(18-40)52-37)48-20-26-14-8-4-9-15-26)33(47-19-25-12-6-3-7-13-25)30(36(44)51-29)39-38(45)49-21-27-16-10-5-11-17-27/h3-17,28-37,40,43-44H,18-22H2,1-2H3,(H,39,45)/t28-,29+,30+,31+,32+,33+,34-,35+,36-,37-/m0/s1. The molecular formula is C38H45NO14. The minimum absolute atomic E-state index is 0.00108. The van der Waals surface area contributed by atoms with Gasteiger partial charge in [-0.25, -0.2) is 4.79 Å². The fourth-order valence-corrected chi connectivity index (χ4v) is 6.02. The highest BCUT2D eigenvalue weighted by molar-refractivity contribution is 5.68. The zero-order valence-corrected chi connectivity index (χ0v) is 29.3. The SMILES string of the molecule is CC(=O)OC[C@H]1O[C@H](O)[C@H](NC(=O)OCc2ccccc2)[C@@H](OCc2ccccc2)[C@@H]1O[C@@H]1O[C@@H](CO)[C@@H](O)[C@H](OCc2ccccc2)[C@H]1OC(C)=O. The van der Waals surface area contributed by atoms with Gasteiger partial charge in [-0.3, -0.25) is 9.59 Å². The Morgan fingerprint density at radius 2 is 1.21 bits per heavy atom. The highest BCUT2D eigenvalue weighted by atomic mass is 16.7. The summed E-state index contributed by atoms with van der Waals surface area (Å²) >= 11 is 0. The molecule has 53 heavy (non-hydrogen) atoms. The van der Waals surface area contributed by atoms with E-state index in [-0.39, 0.29) is 19.8 Å². The molecular weight excluding hydrogens is 694 g/mol. The van der Waals surface area contributed by atoms with E-state index in [1.165, 1.54) is 6.92 Å². The van der Waals surface area contributed by atoms with Crippen LogP contribution in [0.4, 0.5) is 4.79 Å². The van der Waals surface area contributed by atoms with E-state index in [2.05, 4.69) is 5.32 Å².